The zero-order valence-electron chi connectivity index (χ0n) is 22.3. The molecule has 0 bridgehead atoms. The molecule has 2 unspecified atom stereocenters. The van der Waals surface area contributed by atoms with Gasteiger partial charge in [0, 0.05) is 31.3 Å². The number of ketones is 4. The van der Waals surface area contributed by atoms with E-state index in [4.69, 9.17) is 5.73 Å². The first-order valence-corrected chi connectivity index (χ1v) is 12.4. The summed E-state index contributed by atoms with van der Waals surface area (Å²) in [6, 6.07) is 0.725. The number of Topliss-reactive ketones (excluding diaryl/α,β-unsaturated/α-hetero) is 4. The lowest BCUT2D eigenvalue weighted by Crippen LogP contribution is -2.74. The van der Waals surface area contributed by atoms with Gasteiger partial charge in [-0.3, -0.25) is 28.9 Å². The van der Waals surface area contributed by atoms with E-state index in [-0.39, 0.29) is 24.2 Å². The minimum absolute atomic E-state index is 0.0164. The number of aliphatic hydroxyl groups is 1. The molecule has 0 spiro atoms. The average molecular weight is 514 g/mol. The third-order valence-electron chi connectivity index (χ3n) is 8.33. The Balaban J connectivity index is 1.93. The summed E-state index contributed by atoms with van der Waals surface area (Å²) in [5.74, 6) is -10.3. The number of hydrogen-bond acceptors (Lipinski definition) is 9. The standard InChI is InChI=1S/C27H35N3O7/c1-26(2,3)14-10-15(29(4)5)12-8-11-9-13-19(30(6)7)22(33)18(25(28)36)24(35)27(13,37)23(34)16(11)21(32)17(12)20(14)31/h10-11,13,16,18-19,31,37H,8-9H2,1-7H3,(H2,28,36)/t11-,13-,16?,18?,19-,27-/m0/s1. The topological polar surface area (TPSA) is 158 Å². The summed E-state index contributed by atoms with van der Waals surface area (Å²) in [6.45, 7) is 5.68. The number of hydrogen-bond donors (Lipinski definition) is 3. The van der Waals surface area contributed by atoms with Crippen molar-refractivity contribution in [2.75, 3.05) is 33.1 Å². The molecular weight excluding hydrogens is 478 g/mol. The van der Waals surface area contributed by atoms with E-state index in [9.17, 15) is 34.2 Å². The minimum atomic E-state index is -2.72. The van der Waals surface area contributed by atoms with Crippen molar-refractivity contribution in [3.8, 4) is 5.75 Å². The van der Waals surface area contributed by atoms with Crippen LogP contribution < -0.4 is 10.6 Å². The highest BCUT2D eigenvalue weighted by atomic mass is 16.3. The maximum absolute atomic E-state index is 14.0. The van der Waals surface area contributed by atoms with Gasteiger partial charge in [-0.25, -0.2) is 0 Å². The molecule has 37 heavy (non-hydrogen) atoms. The van der Waals surface area contributed by atoms with E-state index in [0.717, 1.165) is 5.69 Å². The third kappa shape index (κ3) is 3.64. The largest absolute Gasteiger partial charge is 0.507 e. The Morgan fingerprint density at radius 1 is 1.08 bits per heavy atom. The number of aromatic hydroxyl groups is 1. The number of carbonyl (C=O) groups is 5. The number of nitrogens with zero attached hydrogens (tertiary/aromatic N) is 2. The SMILES string of the molecule is CN(C)c1cc(C(C)(C)C)c(O)c2c1C[C@H]1C[C@H]3[C@H](N(C)C)C(=O)C(C(N)=O)C(=O)[C@@]3(O)C(=O)C1C2=O. The van der Waals surface area contributed by atoms with Crippen molar-refractivity contribution < 1.29 is 34.2 Å². The van der Waals surface area contributed by atoms with Gasteiger partial charge in [0.25, 0.3) is 0 Å². The van der Waals surface area contributed by atoms with E-state index in [1.54, 1.807) is 14.1 Å². The van der Waals surface area contributed by atoms with Crippen molar-refractivity contribution >= 4 is 34.7 Å². The summed E-state index contributed by atoms with van der Waals surface area (Å²) in [4.78, 5) is 69.8. The zero-order chi connectivity index (χ0) is 27.9. The maximum Gasteiger partial charge on any atom is 0.235 e. The molecule has 2 fully saturated rings. The lowest BCUT2D eigenvalue weighted by Gasteiger charge is -2.52. The molecule has 10 heteroatoms. The average Bonchev–Trinajstić information content (AvgIpc) is 2.74. The second kappa shape index (κ2) is 8.46. The molecule has 1 aromatic carbocycles. The smallest absolute Gasteiger partial charge is 0.235 e. The number of fused-ring (bicyclic) bond motifs is 3. The van der Waals surface area contributed by atoms with E-state index in [0.29, 0.717) is 11.1 Å². The third-order valence-corrected chi connectivity index (χ3v) is 8.33. The number of anilines is 1. The molecular formula is C27H35N3O7. The van der Waals surface area contributed by atoms with Crippen LogP contribution in [-0.2, 0) is 31.0 Å². The molecule has 10 nitrogen and oxygen atoms in total. The van der Waals surface area contributed by atoms with Gasteiger partial charge in [-0.1, -0.05) is 20.8 Å². The van der Waals surface area contributed by atoms with E-state index in [1.165, 1.54) is 4.90 Å². The summed E-state index contributed by atoms with van der Waals surface area (Å²) >= 11 is 0. The first-order chi connectivity index (χ1) is 17.0. The molecule has 0 radical (unpaired) electrons. The van der Waals surface area contributed by atoms with E-state index in [2.05, 4.69) is 0 Å². The molecule has 2 saturated carbocycles. The van der Waals surface area contributed by atoms with Crippen LogP contribution in [0.25, 0.3) is 0 Å². The predicted octanol–water partition coefficient (Wildman–Crippen LogP) is 0.231. The van der Waals surface area contributed by atoms with E-state index < -0.39 is 69.8 Å². The fourth-order valence-corrected chi connectivity index (χ4v) is 6.62. The van der Waals surface area contributed by atoms with Crippen LogP contribution in [0.1, 0.15) is 48.7 Å². The Kier molecular flexibility index (Phi) is 6.16. The molecule has 1 amide bonds. The normalized spacial score (nSPS) is 31.6. The van der Waals surface area contributed by atoms with Gasteiger partial charge in [0.05, 0.1) is 17.5 Å². The van der Waals surface area contributed by atoms with Gasteiger partial charge in [0.2, 0.25) is 5.91 Å². The number of primary amides is 1. The number of amides is 1. The van der Waals surface area contributed by atoms with Gasteiger partial charge in [0.1, 0.15) is 5.75 Å². The number of benzene rings is 1. The number of rotatable bonds is 3. The molecule has 3 aliphatic carbocycles. The van der Waals surface area contributed by atoms with Gasteiger partial charge in [-0.15, -0.1) is 0 Å². The summed E-state index contributed by atoms with van der Waals surface area (Å²) in [6.07, 6.45) is 0.260. The minimum Gasteiger partial charge on any atom is -0.507 e. The lowest BCUT2D eigenvalue weighted by atomic mass is 9.52. The Morgan fingerprint density at radius 2 is 1.68 bits per heavy atom. The lowest BCUT2D eigenvalue weighted by molar-refractivity contribution is -0.181. The summed E-state index contributed by atoms with van der Waals surface area (Å²) in [7, 11) is 6.77. The summed E-state index contributed by atoms with van der Waals surface area (Å²) in [5.41, 5.74) is 3.97. The van der Waals surface area contributed by atoms with Gasteiger partial charge in [0.15, 0.2) is 34.7 Å². The number of carbonyl (C=O) groups excluding carboxylic acids is 5. The first kappa shape index (κ1) is 26.9. The number of likely N-dealkylation sites (N-methyl/N-ethyl adjacent to an activating group) is 1. The van der Waals surface area contributed by atoms with Crippen LogP contribution >= 0.6 is 0 Å². The van der Waals surface area contributed by atoms with Gasteiger partial charge < -0.3 is 20.8 Å². The van der Waals surface area contributed by atoms with Crippen LogP contribution in [-0.4, -0.2) is 84.0 Å². The second-order valence-corrected chi connectivity index (χ2v) is 12.1. The molecule has 6 atom stereocenters. The Labute approximate surface area is 215 Å². The first-order valence-electron chi connectivity index (χ1n) is 12.4. The number of nitrogens with two attached hydrogens (primary N) is 1. The van der Waals surface area contributed by atoms with Crippen LogP contribution in [0, 0.1) is 23.7 Å². The van der Waals surface area contributed by atoms with Gasteiger partial charge >= 0.3 is 0 Å². The fourth-order valence-electron chi connectivity index (χ4n) is 6.62. The van der Waals surface area contributed by atoms with Gasteiger partial charge in [-0.05, 0) is 49.9 Å². The Morgan fingerprint density at radius 3 is 2.16 bits per heavy atom. The van der Waals surface area contributed by atoms with Crippen LogP contribution in [0.15, 0.2) is 6.07 Å². The van der Waals surface area contributed by atoms with Crippen molar-refractivity contribution in [2.45, 2.75) is 50.7 Å². The summed E-state index contributed by atoms with van der Waals surface area (Å²) in [5, 5.41) is 22.9. The predicted molar refractivity (Wildman–Crippen MR) is 134 cm³/mol. The van der Waals surface area contributed by atoms with E-state index >= 15 is 0 Å². The molecule has 3 aliphatic rings. The highest BCUT2D eigenvalue weighted by molar-refractivity contribution is 6.32. The molecule has 4 rings (SSSR count). The second-order valence-electron chi connectivity index (χ2n) is 12.1. The molecule has 0 aliphatic heterocycles. The van der Waals surface area contributed by atoms with Gasteiger partial charge in [-0.2, -0.15) is 0 Å². The summed E-state index contributed by atoms with van der Waals surface area (Å²) < 4.78 is 0. The van der Waals surface area contributed by atoms with Crippen LogP contribution in [0.2, 0.25) is 0 Å². The Bertz CT molecular complexity index is 1250. The van der Waals surface area contributed by atoms with Crippen molar-refractivity contribution in [2.24, 2.45) is 29.4 Å². The molecule has 0 heterocycles. The molecule has 0 saturated heterocycles. The fraction of sp³-hybridized carbons (Fsp3) is 0.593. The molecule has 0 aromatic heterocycles. The quantitative estimate of drug-likeness (QED) is 0.481. The number of phenolic OH excluding ortho intramolecular Hbond substituents is 1. The van der Waals surface area contributed by atoms with Crippen molar-refractivity contribution in [3.05, 3.63) is 22.8 Å². The van der Waals surface area contributed by atoms with Crippen molar-refractivity contribution in [3.63, 3.8) is 0 Å². The van der Waals surface area contributed by atoms with E-state index in [1.807, 2.05) is 45.8 Å². The Hall–Kier alpha value is -3.11. The zero-order valence-corrected chi connectivity index (χ0v) is 22.3. The number of phenols is 1. The van der Waals surface area contributed by atoms with Crippen molar-refractivity contribution in [1.82, 2.24) is 4.90 Å². The molecule has 4 N–H and O–H groups in total. The van der Waals surface area contributed by atoms with Crippen LogP contribution in [0.4, 0.5) is 5.69 Å². The van der Waals surface area contributed by atoms with Crippen molar-refractivity contribution in [1.29, 1.82) is 0 Å². The highest BCUT2D eigenvalue weighted by Gasteiger charge is 2.69. The highest BCUT2D eigenvalue weighted by Crippen LogP contribution is 2.53. The monoisotopic (exact) mass is 513 g/mol. The molecule has 1 aromatic rings. The molecule has 200 valence electrons. The van der Waals surface area contributed by atoms with Crippen LogP contribution in [0.3, 0.4) is 0 Å². The maximum atomic E-state index is 14.0. The van der Waals surface area contributed by atoms with Crippen LogP contribution in [0.5, 0.6) is 5.75 Å².